The summed E-state index contributed by atoms with van der Waals surface area (Å²) < 4.78 is 38.8. The summed E-state index contributed by atoms with van der Waals surface area (Å²) in [4.78, 5) is 0. The van der Waals surface area contributed by atoms with Crippen molar-refractivity contribution in [3.63, 3.8) is 0 Å². The summed E-state index contributed by atoms with van der Waals surface area (Å²) in [5.41, 5.74) is 5.33. The fourth-order valence-electron chi connectivity index (χ4n) is 1.79. The molecule has 158 valence electrons. The molecular formula is C17H29BO7P2W. The molecule has 0 heterocycles. The molecule has 4 radical (unpaired) electrons. The van der Waals surface area contributed by atoms with Crippen LogP contribution in [0.25, 0.3) is 0 Å². The molecule has 0 aromatic heterocycles. The minimum absolute atomic E-state index is 0. The van der Waals surface area contributed by atoms with Crippen molar-refractivity contribution in [1.82, 2.24) is 0 Å². The molecule has 0 N–H and O–H groups in total. The van der Waals surface area contributed by atoms with E-state index in [2.05, 4.69) is 70.9 Å². The Kier molecular flexibility index (Phi) is 31.9. The SMILES string of the molecule is COP(OC)OC.COP(OC)OC.Cc1cc(C)c([C]#[W+])c(C)c1.[B-].[C-]#[O+]. The second-order valence-corrected chi connectivity index (χ2v) is 8.24. The standard InChI is InChI=1S/C10H11.2C3H9O3P.CO.B.W/c1-7-5-8(2)10(4)9(3)6-7;2*1-4-7(5-2)6-3;1-2;;/h5-6H,1-3H3;2*1-3H3;;;/q;;;;-1;+1. The Morgan fingerprint density at radius 2 is 1.00 bits per heavy atom. The molecule has 0 unspecified atom stereocenters. The van der Waals surface area contributed by atoms with Crippen molar-refractivity contribution in [3.8, 4) is 4.20 Å². The van der Waals surface area contributed by atoms with Gasteiger partial charge in [-0.25, -0.2) is 0 Å². The maximum atomic E-state index is 7.50. The molecule has 0 aliphatic rings. The van der Waals surface area contributed by atoms with Crippen LogP contribution in [0.5, 0.6) is 0 Å². The van der Waals surface area contributed by atoms with Crippen LogP contribution in [0, 0.1) is 31.6 Å². The Balaban J connectivity index is -0.000000151. The van der Waals surface area contributed by atoms with E-state index in [1.54, 1.807) is 42.7 Å². The third-order valence-corrected chi connectivity index (χ3v) is 5.20. The van der Waals surface area contributed by atoms with Crippen LogP contribution in [0.4, 0.5) is 0 Å². The number of aryl methyl sites for hydroxylation is 3. The van der Waals surface area contributed by atoms with E-state index in [1.165, 1.54) is 41.4 Å². The predicted octanol–water partition coefficient (Wildman–Crippen LogP) is 4.35. The van der Waals surface area contributed by atoms with Crippen molar-refractivity contribution in [2.45, 2.75) is 20.8 Å². The van der Waals surface area contributed by atoms with Gasteiger partial charge in [-0.05, 0) is 0 Å². The molecule has 0 saturated heterocycles. The van der Waals surface area contributed by atoms with Gasteiger partial charge >= 0.3 is 107 Å². The molecule has 0 amide bonds. The summed E-state index contributed by atoms with van der Waals surface area (Å²) in [6.45, 7) is 10.9. The molecule has 0 atom stereocenters. The van der Waals surface area contributed by atoms with Gasteiger partial charge in [-0.2, -0.15) is 0 Å². The Bertz CT molecular complexity index is 502. The number of hydrogen-bond acceptors (Lipinski definition) is 6. The average molecular weight is 602 g/mol. The molecule has 1 aromatic carbocycles. The summed E-state index contributed by atoms with van der Waals surface area (Å²) in [5.74, 6) is 0. The van der Waals surface area contributed by atoms with Gasteiger partial charge < -0.3 is 35.6 Å². The van der Waals surface area contributed by atoms with Gasteiger partial charge in [0.1, 0.15) is 0 Å². The van der Waals surface area contributed by atoms with Crippen molar-refractivity contribution < 1.29 is 50.9 Å². The van der Waals surface area contributed by atoms with Crippen molar-refractivity contribution in [2.24, 2.45) is 0 Å². The Morgan fingerprint density at radius 3 is 1.14 bits per heavy atom. The summed E-state index contributed by atoms with van der Waals surface area (Å²) in [6.07, 6.45) is 0. The molecule has 0 fully saturated rings. The van der Waals surface area contributed by atoms with Gasteiger partial charge in [0.05, 0.1) is 0 Å². The topological polar surface area (TPSA) is 75.3 Å². The van der Waals surface area contributed by atoms with Gasteiger partial charge in [-0.1, -0.05) is 0 Å². The molecule has 0 spiro atoms. The quantitative estimate of drug-likeness (QED) is 0.209. The van der Waals surface area contributed by atoms with Crippen LogP contribution in [0.2, 0.25) is 0 Å². The van der Waals surface area contributed by atoms with Gasteiger partial charge in [-0.15, -0.1) is 0 Å². The minimum atomic E-state index is -1.05. The summed E-state index contributed by atoms with van der Waals surface area (Å²) >= 11 is 1.40. The molecule has 1 aromatic rings. The Morgan fingerprint density at radius 1 is 0.750 bits per heavy atom. The molecule has 0 bridgehead atoms. The molecule has 1 rings (SSSR count). The maximum absolute atomic E-state index is 7.50. The zero-order chi connectivity index (χ0) is 21.8. The van der Waals surface area contributed by atoms with E-state index in [1.807, 2.05) is 0 Å². The van der Waals surface area contributed by atoms with Crippen molar-refractivity contribution in [3.05, 3.63) is 41.0 Å². The summed E-state index contributed by atoms with van der Waals surface area (Å²) in [5, 5.41) is 0. The zero-order valence-corrected chi connectivity index (χ0v) is 22.6. The van der Waals surface area contributed by atoms with E-state index in [9.17, 15) is 0 Å². The fourth-order valence-corrected chi connectivity index (χ4v) is 3.84. The molecular weight excluding hydrogens is 573 g/mol. The summed E-state index contributed by atoms with van der Waals surface area (Å²) in [6, 6.07) is 4.41. The van der Waals surface area contributed by atoms with Crippen LogP contribution in [0.1, 0.15) is 22.3 Å². The predicted molar refractivity (Wildman–Crippen MR) is 109 cm³/mol. The monoisotopic (exact) mass is 602 g/mol. The van der Waals surface area contributed by atoms with Gasteiger partial charge in [0.25, 0.3) is 0 Å². The van der Waals surface area contributed by atoms with E-state index in [0.29, 0.717) is 0 Å². The second-order valence-electron chi connectivity index (χ2n) is 4.42. The van der Waals surface area contributed by atoms with E-state index < -0.39 is 17.2 Å². The fraction of sp³-hybridized carbons (Fsp3) is 0.529. The van der Waals surface area contributed by atoms with Crippen LogP contribution >= 0.6 is 17.2 Å². The first-order valence-electron chi connectivity index (χ1n) is 7.36. The molecule has 11 heteroatoms. The molecule has 0 aliphatic carbocycles. The first-order chi connectivity index (χ1) is 12.8. The van der Waals surface area contributed by atoms with Crippen LogP contribution in [-0.2, 0) is 50.9 Å². The van der Waals surface area contributed by atoms with Crippen LogP contribution in [0.3, 0.4) is 0 Å². The number of rotatable bonds is 6. The van der Waals surface area contributed by atoms with Crippen LogP contribution in [-0.4, -0.2) is 51.1 Å². The summed E-state index contributed by atoms with van der Waals surface area (Å²) in [7, 11) is 7.13. The van der Waals surface area contributed by atoms with E-state index in [-0.39, 0.29) is 8.41 Å². The van der Waals surface area contributed by atoms with E-state index >= 15 is 0 Å². The van der Waals surface area contributed by atoms with Gasteiger partial charge in [-0.3, -0.25) is 0 Å². The Hall–Kier alpha value is 0.113. The van der Waals surface area contributed by atoms with Crippen molar-refractivity contribution in [2.75, 3.05) is 42.7 Å². The third kappa shape index (κ3) is 18.2. The van der Waals surface area contributed by atoms with E-state index in [4.69, 9.17) is 4.65 Å². The normalized spacial score (nSPS) is 8.86. The van der Waals surface area contributed by atoms with E-state index in [0.717, 1.165) is 0 Å². The van der Waals surface area contributed by atoms with Crippen molar-refractivity contribution in [1.29, 1.82) is 0 Å². The Labute approximate surface area is 185 Å². The van der Waals surface area contributed by atoms with Crippen LogP contribution in [0.15, 0.2) is 12.1 Å². The van der Waals surface area contributed by atoms with Gasteiger partial charge in [0.2, 0.25) is 0 Å². The molecule has 7 nitrogen and oxygen atoms in total. The number of hydrogen-bond donors (Lipinski definition) is 0. The zero-order valence-electron chi connectivity index (χ0n) is 17.9. The van der Waals surface area contributed by atoms with Crippen LogP contribution < -0.4 is 0 Å². The first kappa shape index (κ1) is 35.5. The van der Waals surface area contributed by atoms with Crippen molar-refractivity contribution >= 4 is 25.6 Å². The van der Waals surface area contributed by atoms with Gasteiger partial charge in [0.15, 0.2) is 0 Å². The number of benzene rings is 1. The average Bonchev–Trinajstić information content (AvgIpc) is 2.67. The third-order valence-electron chi connectivity index (χ3n) is 2.67. The van der Waals surface area contributed by atoms with Gasteiger partial charge in [0, 0.05) is 42.7 Å². The molecule has 0 aliphatic heterocycles. The molecule has 0 saturated carbocycles. The molecule has 28 heavy (non-hydrogen) atoms. The second kappa shape index (κ2) is 25.2. The first-order valence-corrected chi connectivity index (χ1v) is 11.0.